The molecule has 0 saturated carbocycles. The SMILES string of the molecule is C=CCOC(CCCCCCCCCCCCCCC)OCC=C. The van der Waals surface area contributed by atoms with Gasteiger partial charge < -0.3 is 9.47 Å². The fourth-order valence-corrected chi connectivity index (χ4v) is 2.89. The van der Waals surface area contributed by atoms with Gasteiger partial charge in [-0.3, -0.25) is 0 Å². The van der Waals surface area contributed by atoms with Gasteiger partial charge in [0.05, 0.1) is 13.2 Å². The molecule has 2 heteroatoms. The van der Waals surface area contributed by atoms with Crippen LogP contribution in [0, 0.1) is 0 Å². The monoisotopic (exact) mass is 338 g/mol. The Morgan fingerprint density at radius 3 is 1.38 bits per heavy atom. The van der Waals surface area contributed by atoms with Crippen molar-refractivity contribution in [2.75, 3.05) is 13.2 Å². The molecule has 0 radical (unpaired) electrons. The first-order chi connectivity index (χ1) is 11.8. The lowest BCUT2D eigenvalue weighted by molar-refractivity contribution is -0.131. The molecule has 0 aromatic heterocycles. The third-order valence-corrected chi connectivity index (χ3v) is 4.34. The number of rotatable bonds is 20. The molecule has 0 aromatic carbocycles. The maximum atomic E-state index is 5.61. The summed E-state index contributed by atoms with van der Waals surface area (Å²) in [6.45, 7) is 10.8. The van der Waals surface area contributed by atoms with Crippen LogP contribution in [0.15, 0.2) is 25.3 Å². The molecular formula is C22H42O2. The maximum Gasteiger partial charge on any atom is 0.158 e. The van der Waals surface area contributed by atoms with Crippen LogP contribution in [0.5, 0.6) is 0 Å². The van der Waals surface area contributed by atoms with Gasteiger partial charge in [0.15, 0.2) is 6.29 Å². The highest BCUT2D eigenvalue weighted by molar-refractivity contribution is 4.67. The van der Waals surface area contributed by atoms with E-state index in [1.807, 2.05) is 0 Å². The quantitative estimate of drug-likeness (QED) is 0.133. The third-order valence-electron chi connectivity index (χ3n) is 4.34. The molecular weight excluding hydrogens is 296 g/mol. The van der Waals surface area contributed by atoms with Crippen LogP contribution in [0.2, 0.25) is 0 Å². The lowest BCUT2D eigenvalue weighted by atomic mass is 10.0. The van der Waals surface area contributed by atoms with Crippen molar-refractivity contribution < 1.29 is 9.47 Å². The van der Waals surface area contributed by atoms with Gasteiger partial charge in [0, 0.05) is 0 Å². The van der Waals surface area contributed by atoms with Crippen molar-refractivity contribution in [1.29, 1.82) is 0 Å². The molecule has 0 aromatic rings. The number of hydrogen-bond donors (Lipinski definition) is 0. The zero-order valence-electron chi connectivity index (χ0n) is 16.3. The molecule has 0 aliphatic carbocycles. The van der Waals surface area contributed by atoms with Gasteiger partial charge in [-0.25, -0.2) is 0 Å². The van der Waals surface area contributed by atoms with Gasteiger partial charge in [-0.1, -0.05) is 96.1 Å². The Balaban J connectivity index is 3.32. The second-order valence-corrected chi connectivity index (χ2v) is 6.70. The highest BCUT2D eigenvalue weighted by atomic mass is 16.7. The molecule has 0 heterocycles. The van der Waals surface area contributed by atoms with Gasteiger partial charge >= 0.3 is 0 Å². The van der Waals surface area contributed by atoms with E-state index in [9.17, 15) is 0 Å². The molecule has 0 bridgehead atoms. The van der Waals surface area contributed by atoms with Gasteiger partial charge in [0.2, 0.25) is 0 Å². The Labute approximate surface area is 151 Å². The summed E-state index contributed by atoms with van der Waals surface area (Å²) in [7, 11) is 0. The van der Waals surface area contributed by atoms with E-state index in [0.717, 1.165) is 6.42 Å². The van der Waals surface area contributed by atoms with E-state index in [2.05, 4.69) is 20.1 Å². The first-order valence-electron chi connectivity index (χ1n) is 10.3. The molecule has 0 N–H and O–H groups in total. The van der Waals surface area contributed by atoms with E-state index in [-0.39, 0.29) is 6.29 Å². The second-order valence-electron chi connectivity index (χ2n) is 6.70. The van der Waals surface area contributed by atoms with Crippen LogP contribution < -0.4 is 0 Å². The fourth-order valence-electron chi connectivity index (χ4n) is 2.89. The summed E-state index contributed by atoms with van der Waals surface area (Å²) < 4.78 is 11.2. The van der Waals surface area contributed by atoms with E-state index in [1.54, 1.807) is 12.2 Å². The third kappa shape index (κ3) is 17.7. The van der Waals surface area contributed by atoms with E-state index in [0.29, 0.717) is 13.2 Å². The van der Waals surface area contributed by atoms with Gasteiger partial charge in [-0.2, -0.15) is 0 Å². The zero-order valence-corrected chi connectivity index (χ0v) is 16.3. The molecule has 142 valence electrons. The molecule has 0 spiro atoms. The highest BCUT2D eigenvalue weighted by Gasteiger charge is 2.07. The smallest absolute Gasteiger partial charge is 0.158 e. The van der Waals surface area contributed by atoms with Gasteiger partial charge in [-0.15, -0.1) is 13.2 Å². The van der Waals surface area contributed by atoms with Crippen molar-refractivity contribution >= 4 is 0 Å². The van der Waals surface area contributed by atoms with E-state index in [4.69, 9.17) is 9.47 Å². The Kier molecular flexibility index (Phi) is 19.9. The molecule has 24 heavy (non-hydrogen) atoms. The summed E-state index contributed by atoms with van der Waals surface area (Å²) in [5, 5.41) is 0. The minimum absolute atomic E-state index is 0.103. The predicted molar refractivity (Wildman–Crippen MR) is 106 cm³/mol. The Hall–Kier alpha value is -0.600. The van der Waals surface area contributed by atoms with Gasteiger partial charge in [0.25, 0.3) is 0 Å². The molecule has 0 rings (SSSR count). The van der Waals surface area contributed by atoms with E-state index >= 15 is 0 Å². The van der Waals surface area contributed by atoms with E-state index in [1.165, 1.54) is 83.5 Å². The minimum Gasteiger partial charge on any atom is -0.349 e. The van der Waals surface area contributed by atoms with Crippen LogP contribution in [0.4, 0.5) is 0 Å². The fraction of sp³-hybridized carbons (Fsp3) is 0.818. The van der Waals surface area contributed by atoms with Gasteiger partial charge in [-0.05, 0) is 12.8 Å². The number of ether oxygens (including phenoxy) is 2. The number of unbranched alkanes of at least 4 members (excludes halogenated alkanes) is 12. The van der Waals surface area contributed by atoms with Crippen molar-refractivity contribution in [3.8, 4) is 0 Å². The molecule has 0 aliphatic rings. The topological polar surface area (TPSA) is 18.5 Å². The van der Waals surface area contributed by atoms with Crippen LogP contribution in [-0.4, -0.2) is 19.5 Å². The first-order valence-corrected chi connectivity index (χ1v) is 10.3. The summed E-state index contributed by atoms with van der Waals surface area (Å²) in [5.74, 6) is 0. The summed E-state index contributed by atoms with van der Waals surface area (Å²) >= 11 is 0. The van der Waals surface area contributed by atoms with Gasteiger partial charge in [0.1, 0.15) is 0 Å². The van der Waals surface area contributed by atoms with Crippen LogP contribution in [0.3, 0.4) is 0 Å². The largest absolute Gasteiger partial charge is 0.349 e. The predicted octanol–water partition coefficient (Wildman–Crippen LogP) is 7.20. The molecule has 0 atom stereocenters. The average molecular weight is 339 g/mol. The molecule has 0 fully saturated rings. The van der Waals surface area contributed by atoms with Crippen LogP contribution in [-0.2, 0) is 9.47 Å². The lowest BCUT2D eigenvalue weighted by Crippen LogP contribution is -2.17. The lowest BCUT2D eigenvalue weighted by Gasteiger charge is -2.16. The molecule has 0 amide bonds. The number of hydrogen-bond acceptors (Lipinski definition) is 2. The maximum absolute atomic E-state index is 5.61. The van der Waals surface area contributed by atoms with Crippen LogP contribution in [0.25, 0.3) is 0 Å². The van der Waals surface area contributed by atoms with Crippen molar-refractivity contribution in [2.24, 2.45) is 0 Å². The Morgan fingerprint density at radius 2 is 1.00 bits per heavy atom. The zero-order chi connectivity index (χ0) is 17.7. The van der Waals surface area contributed by atoms with E-state index < -0.39 is 0 Å². The summed E-state index contributed by atoms with van der Waals surface area (Å²) in [6, 6.07) is 0. The standard InChI is InChI=1S/C22H42O2/c1-4-7-8-9-10-11-12-13-14-15-16-17-18-19-22(23-20-5-2)24-21-6-3/h5-6,22H,2-4,7-21H2,1H3. The average Bonchev–Trinajstić information content (AvgIpc) is 2.60. The second kappa shape index (κ2) is 20.4. The highest BCUT2D eigenvalue weighted by Crippen LogP contribution is 2.14. The first kappa shape index (κ1) is 23.4. The Morgan fingerprint density at radius 1 is 0.625 bits per heavy atom. The van der Waals surface area contributed by atoms with Crippen molar-refractivity contribution in [2.45, 2.75) is 103 Å². The van der Waals surface area contributed by atoms with Crippen LogP contribution >= 0.6 is 0 Å². The molecule has 0 saturated heterocycles. The molecule has 0 unspecified atom stereocenters. The summed E-state index contributed by atoms with van der Waals surface area (Å²) in [6.07, 6.45) is 22.4. The molecule has 2 nitrogen and oxygen atoms in total. The Bertz CT molecular complexity index is 251. The van der Waals surface area contributed by atoms with Crippen molar-refractivity contribution in [3.05, 3.63) is 25.3 Å². The van der Waals surface area contributed by atoms with Crippen LogP contribution in [0.1, 0.15) is 96.8 Å². The molecule has 0 aliphatic heterocycles. The minimum atomic E-state index is -0.103. The summed E-state index contributed by atoms with van der Waals surface area (Å²) in [4.78, 5) is 0. The van der Waals surface area contributed by atoms with Crippen molar-refractivity contribution in [1.82, 2.24) is 0 Å². The normalized spacial score (nSPS) is 11.1. The van der Waals surface area contributed by atoms with Crippen molar-refractivity contribution in [3.63, 3.8) is 0 Å². The summed E-state index contributed by atoms with van der Waals surface area (Å²) in [5.41, 5.74) is 0.